The summed E-state index contributed by atoms with van der Waals surface area (Å²) in [7, 11) is 3.39. The van der Waals surface area contributed by atoms with Crippen molar-refractivity contribution >= 4 is 0 Å². The molecule has 94 valence electrons. The Morgan fingerprint density at radius 3 is 1.82 bits per heavy atom. The minimum atomic E-state index is 0.121. The van der Waals surface area contributed by atoms with Crippen LogP contribution in [0.15, 0.2) is 12.1 Å². The Morgan fingerprint density at radius 2 is 1.53 bits per heavy atom. The molecule has 0 unspecified atom stereocenters. The van der Waals surface area contributed by atoms with Gasteiger partial charge in [-0.3, -0.25) is 0 Å². The van der Waals surface area contributed by atoms with E-state index in [0.29, 0.717) is 5.92 Å². The molecule has 0 aliphatic heterocycles. The first kappa shape index (κ1) is 12.2. The van der Waals surface area contributed by atoms with E-state index < -0.39 is 0 Å². The summed E-state index contributed by atoms with van der Waals surface area (Å²) < 4.78 is 11.0. The van der Waals surface area contributed by atoms with Crippen molar-refractivity contribution in [3.05, 3.63) is 23.3 Å². The van der Waals surface area contributed by atoms with Crippen molar-refractivity contribution in [3.8, 4) is 11.5 Å². The third-order valence-electron chi connectivity index (χ3n) is 3.91. The van der Waals surface area contributed by atoms with Crippen molar-refractivity contribution in [3.63, 3.8) is 0 Å². The van der Waals surface area contributed by atoms with E-state index in [0.717, 1.165) is 22.6 Å². The summed E-state index contributed by atoms with van der Waals surface area (Å²) >= 11 is 0. The summed E-state index contributed by atoms with van der Waals surface area (Å²) in [5, 5.41) is 0. The predicted molar refractivity (Wildman–Crippen MR) is 68.8 cm³/mol. The maximum atomic E-state index is 6.15. The predicted octanol–water partition coefficient (Wildman–Crippen LogP) is 2.46. The highest BCUT2D eigenvalue weighted by molar-refractivity contribution is 5.54. The van der Waals surface area contributed by atoms with Crippen LogP contribution in [-0.2, 0) is 0 Å². The van der Waals surface area contributed by atoms with E-state index >= 15 is 0 Å². The van der Waals surface area contributed by atoms with Crippen LogP contribution in [0.2, 0.25) is 0 Å². The number of benzene rings is 1. The maximum Gasteiger partial charge on any atom is 0.126 e. The zero-order valence-electron chi connectivity index (χ0n) is 11.2. The SMILES string of the molecule is COc1cc(C)cc(OC)c1[C@H]1[C@H](N)C1(C)C. The number of hydrogen-bond acceptors (Lipinski definition) is 3. The lowest BCUT2D eigenvalue weighted by Crippen LogP contribution is -2.06. The molecule has 1 fully saturated rings. The van der Waals surface area contributed by atoms with Gasteiger partial charge in [0.15, 0.2) is 0 Å². The lowest BCUT2D eigenvalue weighted by atomic mass is 9.99. The summed E-state index contributed by atoms with van der Waals surface area (Å²) in [6, 6.07) is 4.26. The molecular formula is C14H21NO2. The highest BCUT2D eigenvalue weighted by Gasteiger charge is 2.58. The van der Waals surface area contributed by atoms with Gasteiger partial charge in [0.2, 0.25) is 0 Å². The van der Waals surface area contributed by atoms with Gasteiger partial charge in [0.25, 0.3) is 0 Å². The number of nitrogens with two attached hydrogens (primary N) is 1. The van der Waals surface area contributed by atoms with Crippen LogP contribution < -0.4 is 15.2 Å². The molecule has 1 aliphatic rings. The zero-order valence-corrected chi connectivity index (χ0v) is 11.2. The van der Waals surface area contributed by atoms with Gasteiger partial charge >= 0.3 is 0 Å². The molecule has 0 bridgehead atoms. The van der Waals surface area contributed by atoms with Crippen molar-refractivity contribution in [2.45, 2.75) is 32.7 Å². The highest BCUT2D eigenvalue weighted by Crippen LogP contribution is 2.61. The van der Waals surface area contributed by atoms with E-state index in [9.17, 15) is 0 Å². The van der Waals surface area contributed by atoms with Gasteiger partial charge < -0.3 is 15.2 Å². The lowest BCUT2D eigenvalue weighted by molar-refractivity contribution is 0.382. The maximum absolute atomic E-state index is 6.15. The summed E-state index contributed by atoms with van der Waals surface area (Å²) in [5.74, 6) is 2.08. The van der Waals surface area contributed by atoms with E-state index in [-0.39, 0.29) is 11.5 Å². The highest BCUT2D eigenvalue weighted by atomic mass is 16.5. The molecule has 3 nitrogen and oxygen atoms in total. The first-order valence-electron chi connectivity index (χ1n) is 5.91. The molecule has 0 aromatic heterocycles. The summed E-state index contributed by atoms with van der Waals surface area (Å²) in [4.78, 5) is 0. The third kappa shape index (κ3) is 1.78. The van der Waals surface area contributed by atoms with Gasteiger partial charge in [-0.05, 0) is 30.0 Å². The fraction of sp³-hybridized carbons (Fsp3) is 0.571. The first-order chi connectivity index (χ1) is 7.93. The van der Waals surface area contributed by atoms with Gasteiger partial charge in [0.05, 0.1) is 14.2 Å². The summed E-state index contributed by atoms with van der Waals surface area (Å²) in [5.41, 5.74) is 8.51. The zero-order chi connectivity index (χ0) is 12.8. The number of hydrogen-bond donors (Lipinski definition) is 1. The second-order valence-corrected chi connectivity index (χ2v) is 5.41. The molecule has 0 spiro atoms. The molecule has 1 aromatic carbocycles. The van der Waals surface area contributed by atoms with Crippen molar-refractivity contribution in [2.24, 2.45) is 11.1 Å². The fourth-order valence-electron chi connectivity index (χ4n) is 2.61. The molecule has 2 atom stereocenters. The lowest BCUT2D eigenvalue weighted by Gasteiger charge is -2.15. The van der Waals surface area contributed by atoms with Gasteiger partial charge in [0, 0.05) is 17.5 Å². The van der Waals surface area contributed by atoms with Crippen LogP contribution in [0.4, 0.5) is 0 Å². The van der Waals surface area contributed by atoms with Crippen molar-refractivity contribution < 1.29 is 9.47 Å². The standard InChI is InChI=1S/C14H21NO2/c1-8-6-9(16-4)11(10(7-8)17-5)12-13(15)14(12,2)3/h6-7,12-13H,15H2,1-5H3/t12-,13-/m0/s1. The minimum absolute atomic E-state index is 0.121. The molecule has 1 saturated carbocycles. The molecule has 0 radical (unpaired) electrons. The Labute approximate surface area is 103 Å². The smallest absolute Gasteiger partial charge is 0.126 e. The van der Waals surface area contributed by atoms with E-state index in [1.54, 1.807) is 14.2 Å². The van der Waals surface area contributed by atoms with Crippen LogP contribution in [0.1, 0.15) is 30.9 Å². The largest absolute Gasteiger partial charge is 0.496 e. The summed E-state index contributed by atoms with van der Waals surface area (Å²) in [6.07, 6.45) is 0. The Hall–Kier alpha value is -1.22. The van der Waals surface area contributed by atoms with Gasteiger partial charge in [-0.15, -0.1) is 0 Å². The Morgan fingerprint density at radius 1 is 1.12 bits per heavy atom. The summed E-state index contributed by atoms with van der Waals surface area (Å²) in [6.45, 7) is 6.40. The van der Waals surface area contributed by atoms with Crippen LogP contribution in [0, 0.1) is 12.3 Å². The molecule has 2 N–H and O–H groups in total. The van der Waals surface area contributed by atoms with Gasteiger partial charge in [-0.25, -0.2) is 0 Å². The molecule has 2 rings (SSSR count). The van der Waals surface area contributed by atoms with Crippen molar-refractivity contribution in [2.75, 3.05) is 14.2 Å². The molecule has 0 saturated heterocycles. The monoisotopic (exact) mass is 235 g/mol. The molecule has 17 heavy (non-hydrogen) atoms. The van der Waals surface area contributed by atoms with Crippen LogP contribution in [-0.4, -0.2) is 20.3 Å². The van der Waals surface area contributed by atoms with E-state index in [4.69, 9.17) is 15.2 Å². The minimum Gasteiger partial charge on any atom is -0.496 e. The molecule has 1 aliphatic carbocycles. The van der Waals surface area contributed by atoms with Gasteiger partial charge in [-0.2, -0.15) is 0 Å². The average molecular weight is 235 g/mol. The van der Waals surface area contributed by atoms with E-state index in [2.05, 4.69) is 13.8 Å². The molecule has 0 heterocycles. The first-order valence-corrected chi connectivity index (χ1v) is 5.91. The molecular weight excluding hydrogens is 214 g/mol. The second-order valence-electron chi connectivity index (χ2n) is 5.41. The normalized spacial score (nSPS) is 25.5. The third-order valence-corrected chi connectivity index (χ3v) is 3.91. The van der Waals surface area contributed by atoms with Crippen LogP contribution in [0.5, 0.6) is 11.5 Å². The van der Waals surface area contributed by atoms with Crippen LogP contribution in [0.25, 0.3) is 0 Å². The van der Waals surface area contributed by atoms with Gasteiger partial charge in [0.1, 0.15) is 11.5 Å². The topological polar surface area (TPSA) is 44.5 Å². The Balaban J connectivity index is 2.52. The Bertz CT molecular complexity index is 415. The number of aryl methyl sites for hydroxylation is 1. The number of ether oxygens (including phenoxy) is 2. The average Bonchev–Trinajstić information content (AvgIpc) is 2.77. The van der Waals surface area contributed by atoms with Gasteiger partial charge in [-0.1, -0.05) is 13.8 Å². The Kier molecular flexibility index (Phi) is 2.82. The molecule has 0 amide bonds. The quantitative estimate of drug-likeness (QED) is 0.875. The van der Waals surface area contributed by atoms with Crippen molar-refractivity contribution in [1.29, 1.82) is 0 Å². The number of methoxy groups -OCH3 is 2. The van der Waals surface area contributed by atoms with Crippen molar-refractivity contribution in [1.82, 2.24) is 0 Å². The molecule has 1 aromatic rings. The van der Waals surface area contributed by atoms with E-state index in [1.807, 2.05) is 19.1 Å². The fourth-order valence-corrected chi connectivity index (χ4v) is 2.61. The van der Waals surface area contributed by atoms with E-state index in [1.165, 1.54) is 0 Å². The second kappa shape index (κ2) is 3.91. The van der Waals surface area contributed by atoms with Crippen LogP contribution >= 0.6 is 0 Å². The van der Waals surface area contributed by atoms with Crippen LogP contribution in [0.3, 0.4) is 0 Å². The number of rotatable bonds is 3. The molecule has 3 heteroatoms.